The van der Waals surface area contributed by atoms with Crippen LogP contribution in [0.25, 0.3) is 0 Å². The molecule has 0 bridgehead atoms. The lowest BCUT2D eigenvalue weighted by Gasteiger charge is -2.19. The third kappa shape index (κ3) is 7.76. The van der Waals surface area contributed by atoms with Gasteiger partial charge in [0.25, 0.3) is 0 Å². The average Bonchev–Trinajstić information content (AvgIpc) is 2.59. The van der Waals surface area contributed by atoms with E-state index in [4.69, 9.17) is 13.6 Å². The van der Waals surface area contributed by atoms with Crippen LogP contribution in [-0.4, -0.2) is 6.61 Å². The average molecular weight is 634 g/mol. The van der Waals surface area contributed by atoms with Crippen LogP contribution in [0.3, 0.4) is 0 Å². The summed E-state index contributed by atoms with van der Waals surface area (Å²) in [6, 6.07) is 11.5. The maximum absolute atomic E-state index is 6.02. The van der Waals surface area contributed by atoms with Crippen LogP contribution in [0.2, 0.25) is 0 Å². The molecule has 0 spiro atoms. The molecule has 0 unspecified atom stereocenters. The summed E-state index contributed by atoms with van der Waals surface area (Å²) >= 11 is 13.9. The normalized spacial score (nSPS) is 11.0. The quantitative estimate of drug-likeness (QED) is 0.193. The molecule has 0 heterocycles. The lowest BCUT2D eigenvalue weighted by Crippen LogP contribution is -2.02. The van der Waals surface area contributed by atoms with Crippen LogP contribution in [0.1, 0.15) is 32.6 Å². The van der Waals surface area contributed by atoms with Gasteiger partial charge >= 0.3 is 8.60 Å². The Morgan fingerprint density at radius 3 is 1.77 bits per heavy atom. The summed E-state index contributed by atoms with van der Waals surface area (Å²) in [5.74, 6) is 1.36. The number of halogens is 4. The first-order valence-corrected chi connectivity index (χ1v) is 12.5. The molecule has 0 N–H and O–H groups in total. The molecular formula is C18H19Br4O3P. The fraction of sp³-hybridized carbons (Fsp3) is 0.333. The Morgan fingerprint density at radius 1 is 0.769 bits per heavy atom. The molecule has 0 aliphatic rings. The molecule has 3 nitrogen and oxygen atoms in total. The summed E-state index contributed by atoms with van der Waals surface area (Å²) in [5.41, 5.74) is 0. The zero-order chi connectivity index (χ0) is 18.9. The Labute approximate surface area is 189 Å². The van der Waals surface area contributed by atoms with Crippen molar-refractivity contribution in [2.75, 3.05) is 6.61 Å². The first-order chi connectivity index (χ1) is 12.5. The molecule has 0 atom stereocenters. The van der Waals surface area contributed by atoms with E-state index >= 15 is 0 Å². The Kier molecular flexibility index (Phi) is 10.5. The molecule has 0 aliphatic heterocycles. The van der Waals surface area contributed by atoms with E-state index in [9.17, 15) is 0 Å². The number of hydrogen-bond donors (Lipinski definition) is 0. The molecular weight excluding hydrogens is 615 g/mol. The molecule has 0 aromatic heterocycles. The van der Waals surface area contributed by atoms with Gasteiger partial charge < -0.3 is 9.05 Å². The van der Waals surface area contributed by atoms with Crippen molar-refractivity contribution < 1.29 is 13.6 Å². The van der Waals surface area contributed by atoms with E-state index in [2.05, 4.69) is 70.6 Å². The molecule has 8 heteroatoms. The van der Waals surface area contributed by atoms with Crippen molar-refractivity contribution in [3.05, 3.63) is 54.3 Å². The Bertz CT molecular complexity index is 661. The van der Waals surface area contributed by atoms with Crippen LogP contribution >= 0.6 is 72.3 Å². The lowest BCUT2D eigenvalue weighted by atomic mass is 10.2. The molecule has 0 amide bonds. The Morgan fingerprint density at radius 2 is 1.31 bits per heavy atom. The highest BCUT2D eigenvalue weighted by Crippen LogP contribution is 2.46. The summed E-state index contributed by atoms with van der Waals surface area (Å²) in [7, 11) is -1.58. The van der Waals surface area contributed by atoms with Gasteiger partial charge in [0, 0.05) is 8.95 Å². The molecule has 0 radical (unpaired) electrons. The molecule has 0 saturated carbocycles. The molecule has 2 aromatic carbocycles. The number of unbranched alkanes of at least 4 members (excludes halogenated alkanes) is 3. The molecule has 142 valence electrons. The molecule has 0 aliphatic carbocycles. The van der Waals surface area contributed by atoms with Crippen molar-refractivity contribution in [3.8, 4) is 11.5 Å². The van der Waals surface area contributed by atoms with Crippen molar-refractivity contribution in [1.82, 2.24) is 0 Å². The first-order valence-electron chi connectivity index (χ1n) is 8.18. The summed E-state index contributed by atoms with van der Waals surface area (Å²) in [5, 5.41) is 0. The summed E-state index contributed by atoms with van der Waals surface area (Å²) in [6.45, 7) is 2.80. The van der Waals surface area contributed by atoms with Gasteiger partial charge in [-0.25, -0.2) is 0 Å². The second kappa shape index (κ2) is 12.0. The minimum absolute atomic E-state index is 0.605. The molecule has 26 heavy (non-hydrogen) atoms. The third-order valence-electron chi connectivity index (χ3n) is 3.33. The molecule has 2 aromatic rings. The van der Waals surface area contributed by atoms with E-state index in [0.29, 0.717) is 18.1 Å². The highest BCUT2D eigenvalue weighted by atomic mass is 79.9. The third-order valence-corrected chi connectivity index (χ3v) is 6.64. The van der Waals surface area contributed by atoms with E-state index in [-0.39, 0.29) is 0 Å². The van der Waals surface area contributed by atoms with E-state index in [0.717, 1.165) is 30.7 Å². The Hall–Kier alpha value is 0.350. The molecule has 2 rings (SSSR count). The predicted molar refractivity (Wildman–Crippen MR) is 122 cm³/mol. The second-order valence-corrected chi connectivity index (χ2v) is 10.1. The van der Waals surface area contributed by atoms with E-state index in [1.807, 2.05) is 36.4 Å². The van der Waals surface area contributed by atoms with E-state index < -0.39 is 8.60 Å². The summed E-state index contributed by atoms with van der Waals surface area (Å²) in [4.78, 5) is 0. The fourth-order valence-corrected chi connectivity index (χ4v) is 5.57. The number of benzene rings is 2. The Balaban J connectivity index is 2.07. The predicted octanol–water partition coefficient (Wildman–Crippen LogP) is 9.02. The highest BCUT2D eigenvalue weighted by molar-refractivity contribution is 9.11. The van der Waals surface area contributed by atoms with Crippen LogP contribution in [0.4, 0.5) is 0 Å². The van der Waals surface area contributed by atoms with Crippen molar-refractivity contribution in [3.63, 3.8) is 0 Å². The van der Waals surface area contributed by atoms with Gasteiger partial charge in [-0.2, -0.15) is 0 Å². The standard InChI is InChI=1S/C18H19Br4O3P/c1-2-3-4-5-10-23-26(24-17-8-6-13(19)11-15(17)21)25-18-9-7-14(20)12-16(18)22/h6-9,11-12H,2-5,10H2,1H3. The van der Waals surface area contributed by atoms with Gasteiger partial charge in [-0.1, -0.05) is 58.0 Å². The fourth-order valence-electron chi connectivity index (χ4n) is 2.00. The van der Waals surface area contributed by atoms with E-state index in [1.165, 1.54) is 12.8 Å². The minimum Gasteiger partial charge on any atom is -0.417 e. The van der Waals surface area contributed by atoms with E-state index in [1.54, 1.807) is 0 Å². The zero-order valence-electron chi connectivity index (χ0n) is 14.2. The van der Waals surface area contributed by atoms with Crippen LogP contribution in [0.15, 0.2) is 54.3 Å². The lowest BCUT2D eigenvalue weighted by molar-refractivity contribution is 0.258. The van der Waals surface area contributed by atoms with Crippen molar-refractivity contribution >= 4 is 72.3 Å². The zero-order valence-corrected chi connectivity index (χ0v) is 21.4. The van der Waals surface area contributed by atoms with Crippen molar-refractivity contribution in [1.29, 1.82) is 0 Å². The van der Waals surface area contributed by atoms with Crippen LogP contribution < -0.4 is 9.05 Å². The monoisotopic (exact) mass is 630 g/mol. The smallest absolute Gasteiger partial charge is 0.417 e. The van der Waals surface area contributed by atoms with Gasteiger partial charge in [-0.15, -0.1) is 0 Å². The van der Waals surface area contributed by atoms with Crippen LogP contribution in [0, 0.1) is 0 Å². The second-order valence-electron chi connectivity index (χ2n) is 5.45. The van der Waals surface area contributed by atoms with Gasteiger partial charge in [0.15, 0.2) is 0 Å². The van der Waals surface area contributed by atoms with Crippen LogP contribution in [-0.2, 0) is 4.52 Å². The van der Waals surface area contributed by atoms with Gasteiger partial charge in [0.1, 0.15) is 11.5 Å². The minimum atomic E-state index is -1.58. The maximum Gasteiger partial charge on any atom is 0.463 e. The van der Waals surface area contributed by atoms with Gasteiger partial charge in [-0.05, 0) is 74.7 Å². The van der Waals surface area contributed by atoms with Gasteiger partial charge in [0.05, 0.1) is 15.6 Å². The first kappa shape index (κ1) is 22.6. The summed E-state index contributed by atoms with van der Waals surface area (Å²) in [6.07, 6.45) is 4.53. The van der Waals surface area contributed by atoms with Crippen molar-refractivity contribution in [2.24, 2.45) is 0 Å². The summed E-state index contributed by atoms with van der Waals surface area (Å²) < 4.78 is 21.6. The van der Waals surface area contributed by atoms with Crippen molar-refractivity contribution in [2.45, 2.75) is 32.6 Å². The molecule has 0 saturated heterocycles. The van der Waals surface area contributed by atoms with Crippen LogP contribution in [0.5, 0.6) is 11.5 Å². The topological polar surface area (TPSA) is 27.7 Å². The maximum atomic E-state index is 6.02. The SMILES string of the molecule is CCCCCCOP(Oc1ccc(Br)cc1Br)Oc1ccc(Br)cc1Br. The number of hydrogen-bond acceptors (Lipinski definition) is 3. The largest absolute Gasteiger partial charge is 0.463 e. The number of rotatable bonds is 10. The highest BCUT2D eigenvalue weighted by Gasteiger charge is 2.20. The van der Waals surface area contributed by atoms with Gasteiger partial charge in [0.2, 0.25) is 0 Å². The van der Waals surface area contributed by atoms with Gasteiger partial charge in [-0.3, -0.25) is 4.52 Å². The molecule has 0 fully saturated rings.